The van der Waals surface area contributed by atoms with Crippen LogP contribution in [0.2, 0.25) is 0 Å². The second kappa shape index (κ2) is 4.19. The highest BCUT2D eigenvalue weighted by molar-refractivity contribution is 4.99. The molecule has 0 amide bonds. The maximum absolute atomic E-state index is 5.77. The van der Waals surface area contributed by atoms with Gasteiger partial charge in [0.1, 0.15) is 0 Å². The zero-order valence-electron chi connectivity index (χ0n) is 10.3. The second-order valence-corrected chi connectivity index (χ2v) is 5.58. The predicted molar refractivity (Wildman–Crippen MR) is 60.5 cm³/mol. The number of ether oxygens (including phenoxy) is 1. The highest BCUT2D eigenvalue weighted by Gasteiger charge is 2.46. The summed E-state index contributed by atoms with van der Waals surface area (Å²) in [5.41, 5.74) is 0.555. The third-order valence-corrected chi connectivity index (χ3v) is 3.38. The van der Waals surface area contributed by atoms with Crippen LogP contribution in [0.1, 0.15) is 47.0 Å². The molecule has 2 nitrogen and oxygen atoms in total. The standard InChI is InChI=1S/C12H25NO/c1-10(13-5)12(6-7-12)8-9-14-11(2,3)4/h10,13H,6-9H2,1-5H3. The van der Waals surface area contributed by atoms with Crippen LogP contribution in [0.25, 0.3) is 0 Å². The van der Waals surface area contributed by atoms with E-state index in [1.54, 1.807) is 0 Å². The Morgan fingerprint density at radius 3 is 2.29 bits per heavy atom. The molecule has 0 aliphatic heterocycles. The van der Waals surface area contributed by atoms with E-state index < -0.39 is 0 Å². The molecule has 1 atom stereocenters. The topological polar surface area (TPSA) is 21.3 Å². The van der Waals surface area contributed by atoms with Crippen molar-refractivity contribution in [3.8, 4) is 0 Å². The van der Waals surface area contributed by atoms with Gasteiger partial charge >= 0.3 is 0 Å². The first-order valence-electron chi connectivity index (χ1n) is 5.71. The van der Waals surface area contributed by atoms with Crippen LogP contribution in [-0.2, 0) is 4.74 Å². The van der Waals surface area contributed by atoms with Gasteiger partial charge in [-0.05, 0) is 59.4 Å². The summed E-state index contributed by atoms with van der Waals surface area (Å²) < 4.78 is 5.77. The Balaban J connectivity index is 2.25. The van der Waals surface area contributed by atoms with E-state index in [1.165, 1.54) is 19.3 Å². The molecular weight excluding hydrogens is 174 g/mol. The first-order chi connectivity index (χ1) is 6.40. The van der Waals surface area contributed by atoms with Gasteiger partial charge in [0.05, 0.1) is 5.60 Å². The minimum absolute atomic E-state index is 0.0129. The smallest absolute Gasteiger partial charge is 0.0598 e. The molecule has 14 heavy (non-hydrogen) atoms. The molecule has 0 aromatic rings. The van der Waals surface area contributed by atoms with E-state index in [4.69, 9.17) is 4.74 Å². The molecule has 1 rings (SSSR count). The predicted octanol–water partition coefficient (Wildman–Crippen LogP) is 2.58. The highest BCUT2D eigenvalue weighted by Crippen LogP contribution is 2.51. The van der Waals surface area contributed by atoms with Crippen molar-refractivity contribution in [2.24, 2.45) is 5.41 Å². The summed E-state index contributed by atoms with van der Waals surface area (Å²) in [6, 6.07) is 0.631. The van der Waals surface area contributed by atoms with Crippen molar-refractivity contribution in [1.29, 1.82) is 0 Å². The summed E-state index contributed by atoms with van der Waals surface area (Å²) in [7, 11) is 2.05. The van der Waals surface area contributed by atoms with Gasteiger partial charge in [-0.15, -0.1) is 0 Å². The molecule has 2 heteroatoms. The monoisotopic (exact) mass is 199 g/mol. The molecule has 1 aliphatic rings. The average molecular weight is 199 g/mol. The largest absolute Gasteiger partial charge is 0.376 e. The molecule has 1 fully saturated rings. The second-order valence-electron chi connectivity index (χ2n) is 5.58. The summed E-state index contributed by atoms with van der Waals surface area (Å²) in [5.74, 6) is 0. The van der Waals surface area contributed by atoms with E-state index in [9.17, 15) is 0 Å². The van der Waals surface area contributed by atoms with Crippen LogP contribution in [0.5, 0.6) is 0 Å². The van der Waals surface area contributed by atoms with Crippen molar-refractivity contribution in [2.45, 2.75) is 58.6 Å². The third kappa shape index (κ3) is 3.25. The SMILES string of the molecule is CNC(C)C1(CCOC(C)(C)C)CC1. The van der Waals surface area contributed by atoms with Crippen LogP contribution < -0.4 is 5.32 Å². The normalized spacial score (nSPS) is 22.1. The van der Waals surface area contributed by atoms with Crippen LogP contribution in [0.3, 0.4) is 0 Å². The Labute approximate surface area is 88.4 Å². The van der Waals surface area contributed by atoms with Crippen molar-refractivity contribution >= 4 is 0 Å². The number of nitrogens with one attached hydrogen (secondary N) is 1. The van der Waals surface area contributed by atoms with Crippen molar-refractivity contribution in [2.75, 3.05) is 13.7 Å². The van der Waals surface area contributed by atoms with Gasteiger partial charge in [-0.25, -0.2) is 0 Å². The molecule has 0 spiro atoms. The van der Waals surface area contributed by atoms with Crippen LogP contribution in [0.4, 0.5) is 0 Å². The van der Waals surface area contributed by atoms with Gasteiger partial charge in [0.25, 0.3) is 0 Å². The summed E-state index contributed by atoms with van der Waals surface area (Å²) in [5, 5.41) is 3.36. The molecule has 0 aromatic heterocycles. The van der Waals surface area contributed by atoms with Crippen LogP contribution in [0, 0.1) is 5.41 Å². The van der Waals surface area contributed by atoms with E-state index >= 15 is 0 Å². The Kier molecular flexibility index (Phi) is 3.59. The lowest BCUT2D eigenvalue weighted by atomic mass is 9.94. The fourth-order valence-electron chi connectivity index (χ4n) is 1.93. The Morgan fingerprint density at radius 2 is 1.93 bits per heavy atom. The molecule has 1 unspecified atom stereocenters. The lowest BCUT2D eigenvalue weighted by molar-refractivity contribution is -0.0125. The number of rotatable bonds is 5. The maximum Gasteiger partial charge on any atom is 0.0598 e. The summed E-state index contributed by atoms with van der Waals surface area (Å²) in [4.78, 5) is 0. The molecule has 0 bridgehead atoms. The fraction of sp³-hybridized carbons (Fsp3) is 1.00. The number of hydrogen-bond acceptors (Lipinski definition) is 2. The van der Waals surface area contributed by atoms with E-state index in [0.717, 1.165) is 6.61 Å². The third-order valence-electron chi connectivity index (χ3n) is 3.38. The van der Waals surface area contributed by atoms with Crippen molar-refractivity contribution in [3.05, 3.63) is 0 Å². The zero-order valence-corrected chi connectivity index (χ0v) is 10.3. The summed E-state index contributed by atoms with van der Waals surface area (Å²) in [6.45, 7) is 9.54. The Bertz CT molecular complexity index is 179. The molecule has 0 saturated heterocycles. The van der Waals surface area contributed by atoms with Gasteiger partial charge in [0.2, 0.25) is 0 Å². The molecule has 0 heterocycles. The zero-order chi connectivity index (χ0) is 10.8. The number of hydrogen-bond donors (Lipinski definition) is 1. The molecule has 84 valence electrons. The Morgan fingerprint density at radius 1 is 1.36 bits per heavy atom. The van der Waals surface area contributed by atoms with Crippen LogP contribution in [-0.4, -0.2) is 25.3 Å². The first-order valence-corrected chi connectivity index (χ1v) is 5.71. The summed E-state index contributed by atoms with van der Waals surface area (Å²) >= 11 is 0. The quantitative estimate of drug-likeness (QED) is 0.735. The van der Waals surface area contributed by atoms with Crippen molar-refractivity contribution < 1.29 is 4.74 Å². The van der Waals surface area contributed by atoms with Crippen molar-refractivity contribution in [1.82, 2.24) is 5.32 Å². The molecule has 1 saturated carbocycles. The van der Waals surface area contributed by atoms with E-state index in [0.29, 0.717) is 11.5 Å². The lowest BCUT2D eigenvalue weighted by Crippen LogP contribution is -2.33. The van der Waals surface area contributed by atoms with Crippen LogP contribution in [0.15, 0.2) is 0 Å². The van der Waals surface area contributed by atoms with Gasteiger partial charge < -0.3 is 10.1 Å². The minimum Gasteiger partial charge on any atom is -0.376 e. The highest BCUT2D eigenvalue weighted by atomic mass is 16.5. The van der Waals surface area contributed by atoms with Gasteiger partial charge in [0.15, 0.2) is 0 Å². The molecule has 1 aliphatic carbocycles. The molecule has 1 N–H and O–H groups in total. The Hall–Kier alpha value is -0.0800. The molecular formula is C12H25NO. The minimum atomic E-state index is 0.0129. The first kappa shape index (κ1) is 12.0. The van der Waals surface area contributed by atoms with Gasteiger partial charge in [-0.3, -0.25) is 0 Å². The molecule has 0 aromatic carbocycles. The van der Waals surface area contributed by atoms with E-state index in [-0.39, 0.29) is 5.60 Å². The van der Waals surface area contributed by atoms with E-state index in [2.05, 4.69) is 40.1 Å². The molecule has 0 radical (unpaired) electrons. The van der Waals surface area contributed by atoms with Gasteiger partial charge in [0, 0.05) is 12.6 Å². The van der Waals surface area contributed by atoms with Gasteiger partial charge in [-0.1, -0.05) is 0 Å². The summed E-state index contributed by atoms with van der Waals surface area (Å²) in [6.07, 6.45) is 3.93. The maximum atomic E-state index is 5.77. The lowest BCUT2D eigenvalue weighted by Gasteiger charge is -2.25. The van der Waals surface area contributed by atoms with Crippen molar-refractivity contribution in [3.63, 3.8) is 0 Å². The van der Waals surface area contributed by atoms with E-state index in [1.807, 2.05) is 0 Å². The van der Waals surface area contributed by atoms with Crippen LogP contribution >= 0.6 is 0 Å². The fourth-order valence-corrected chi connectivity index (χ4v) is 1.93. The average Bonchev–Trinajstić information content (AvgIpc) is 2.82. The van der Waals surface area contributed by atoms with Gasteiger partial charge in [-0.2, -0.15) is 0 Å².